The van der Waals surface area contributed by atoms with Crippen LogP contribution in [-0.4, -0.2) is 52.1 Å². The topological polar surface area (TPSA) is 80.2 Å². The summed E-state index contributed by atoms with van der Waals surface area (Å²) in [4.78, 5) is 28.4. The summed E-state index contributed by atoms with van der Waals surface area (Å²) < 4.78 is 5.88. The van der Waals surface area contributed by atoms with Gasteiger partial charge in [-0.1, -0.05) is 18.2 Å². The van der Waals surface area contributed by atoms with Gasteiger partial charge in [-0.05, 0) is 61.5 Å². The molecule has 0 unspecified atom stereocenters. The molecule has 3 heterocycles. The fourth-order valence-electron chi connectivity index (χ4n) is 4.62. The third-order valence-corrected chi connectivity index (χ3v) is 6.20. The van der Waals surface area contributed by atoms with Crippen molar-refractivity contribution >= 4 is 28.2 Å². The van der Waals surface area contributed by atoms with Crippen molar-refractivity contribution in [3.8, 4) is 0 Å². The molecule has 35 heavy (non-hydrogen) atoms. The smallest absolute Gasteiger partial charge is 0.254 e. The Balaban J connectivity index is 1.29. The number of aromatic nitrogens is 3. The second kappa shape index (κ2) is 10.2. The number of aryl methyl sites for hydroxylation is 2. The van der Waals surface area contributed by atoms with E-state index in [0.717, 1.165) is 23.2 Å². The van der Waals surface area contributed by atoms with E-state index in [1.54, 1.807) is 0 Å². The van der Waals surface area contributed by atoms with Crippen LogP contribution < -0.4 is 5.32 Å². The summed E-state index contributed by atoms with van der Waals surface area (Å²) in [7, 11) is 0. The molecule has 1 saturated heterocycles. The lowest BCUT2D eigenvalue weighted by molar-refractivity contribution is 0.0737. The van der Waals surface area contributed by atoms with Crippen molar-refractivity contribution in [3.05, 3.63) is 89.6 Å². The first-order valence-electron chi connectivity index (χ1n) is 11.9. The molecule has 0 bridgehead atoms. The molecule has 0 radical (unpaired) electrons. The van der Waals surface area contributed by atoms with Gasteiger partial charge < -0.3 is 15.0 Å². The van der Waals surface area contributed by atoms with Gasteiger partial charge in [-0.15, -0.1) is 0 Å². The number of nitrogens with one attached hydrogen (secondary N) is 1. The molecule has 1 amide bonds. The molecule has 7 heteroatoms. The monoisotopic (exact) mass is 467 g/mol. The minimum absolute atomic E-state index is 0.0157. The fraction of sp³-hybridized carbons (Fsp3) is 0.286. The van der Waals surface area contributed by atoms with E-state index in [1.165, 1.54) is 10.9 Å². The number of amides is 1. The summed E-state index contributed by atoms with van der Waals surface area (Å²) in [6.07, 6.45) is 4.55. The van der Waals surface area contributed by atoms with E-state index in [1.807, 2.05) is 67.5 Å². The van der Waals surface area contributed by atoms with Crippen LogP contribution in [-0.2, 0) is 11.2 Å². The predicted molar refractivity (Wildman–Crippen MR) is 137 cm³/mol. The SMILES string of the molecule is Cc1cc(Nc2cccc(C(=O)N3CCOC[C@@H](Cc4ccc5ccncc5c4)C3)c2)nc(C)n1. The molecule has 1 N–H and O–H groups in total. The van der Waals surface area contributed by atoms with Crippen LogP contribution in [0.3, 0.4) is 0 Å². The van der Waals surface area contributed by atoms with Crippen LogP contribution in [0.4, 0.5) is 11.5 Å². The molecule has 2 aromatic carbocycles. The molecule has 5 rings (SSSR count). The van der Waals surface area contributed by atoms with Gasteiger partial charge in [0.25, 0.3) is 5.91 Å². The summed E-state index contributed by atoms with van der Waals surface area (Å²) >= 11 is 0. The minimum Gasteiger partial charge on any atom is -0.379 e. The van der Waals surface area contributed by atoms with E-state index in [4.69, 9.17) is 4.74 Å². The molecule has 1 fully saturated rings. The van der Waals surface area contributed by atoms with Gasteiger partial charge in [0, 0.05) is 59.8 Å². The number of carbonyl (C=O) groups is 1. The fourth-order valence-corrected chi connectivity index (χ4v) is 4.62. The Hall–Kier alpha value is -3.84. The zero-order chi connectivity index (χ0) is 24.2. The Bertz CT molecular complexity index is 1340. The molecular weight excluding hydrogens is 438 g/mol. The molecule has 0 aliphatic carbocycles. The molecule has 2 aromatic heterocycles. The lowest BCUT2D eigenvalue weighted by Crippen LogP contribution is -2.36. The number of benzene rings is 2. The quantitative estimate of drug-likeness (QED) is 0.458. The number of carbonyl (C=O) groups excluding carboxylic acids is 1. The number of hydrogen-bond acceptors (Lipinski definition) is 6. The molecule has 7 nitrogen and oxygen atoms in total. The van der Waals surface area contributed by atoms with Crippen molar-refractivity contribution < 1.29 is 9.53 Å². The Morgan fingerprint density at radius 2 is 2.00 bits per heavy atom. The molecule has 1 aliphatic heterocycles. The van der Waals surface area contributed by atoms with Gasteiger partial charge in [0.2, 0.25) is 0 Å². The third kappa shape index (κ3) is 5.63. The van der Waals surface area contributed by atoms with E-state index in [9.17, 15) is 4.79 Å². The van der Waals surface area contributed by atoms with Gasteiger partial charge >= 0.3 is 0 Å². The van der Waals surface area contributed by atoms with Crippen molar-refractivity contribution in [2.45, 2.75) is 20.3 Å². The van der Waals surface area contributed by atoms with Gasteiger partial charge in [0.1, 0.15) is 11.6 Å². The number of fused-ring (bicyclic) bond motifs is 1. The number of pyridine rings is 1. The van der Waals surface area contributed by atoms with E-state index in [-0.39, 0.29) is 11.8 Å². The van der Waals surface area contributed by atoms with E-state index in [0.29, 0.717) is 43.5 Å². The summed E-state index contributed by atoms with van der Waals surface area (Å²) in [5, 5.41) is 5.61. The van der Waals surface area contributed by atoms with Gasteiger partial charge in [-0.3, -0.25) is 9.78 Å². The van der Waals surface area contributed by atoms with Crippen molar-refractivity contribution in [1.82, 2.24) is 19.9 Å². The Morgan fingerprint density at radius 1 is 1.09 bits per heavy atom. The molecular formula is C28H29N5O2. The van der Waals surface area contributed by atoms with E-state index < -0.39 is 0 Å². The van der Waals surface area contributed by atoms with Crippen molar-refractivity contribution in [3.63, 3.8) is 0 Å². The number of nitrogens with zero attached hydrogens (tertiary/aromatic N) is 4. The molecule has 178 valence electrons. The van der Waals surface area contributed by atoms with Crippen molar-refractivity contribution in [2.24, 2.45) is 5.92 Å². The number of anilines is 2. The van der Waals surface area contributed by atoms with Crippen LogP contribution in [0, 0.1) is 19.8 Å². The van der Waals surface area contributed by atoms with Crippen LogP contribution in [0.5, 0.6) is 0 Å². The Kier molecular flexibility index (Phi) is 6.68. The maximum atomic E-state index is 13.4. The van der Waals surface area contributed by atoms with Crippen LogP contribution in [0.2, 0.25) is 0 Å². The summed E-state index contributed by atoms with van der Waals surface area (Å²) in [5.74, 6) is 1.66. The van der Waals surface area contributed by atoms with Crippen LogP contribution in [0.1, 0.15) is 27.4 Å². The molecule has 1 atom stereocenters. The lowest BCUT2D eigenvalue weighted by Gasteiger charge is -2.24. The Morgan fingerprint density at radius 3 is 2.89 bits per heavy atom. The third-order valence-electron chi connectivity index (χ3n) is 6.20. The summed E-state index contributed by atoms with van der Waals surface area (Å²) in [6.45, 7) is 6.23. The largest absolute Gasteiger partial charge is 0.379 e. The van der Waals surface area contributed by atoms with Crippen LogP contribution in [0.25, 0.3) is 10.8 Å². The zero-order valence-electron chi connectivity index (χ0n) is 20.1. The lowest BCUT2D eigenvalue weighted by atomic mass is 9.97. The molecule has 0 saturated carbocycles. The summed E-state index contributed by atoms with van der Waals surface area (Å²) in [5.41, 5.74) is 3.59. The maximum Gasteiger partial charge on any atom is 0.254 e. The standard InChI is InChI=1S/C28H29N5O2/c1-19-12-27(31-20(2)30-19)32-26-5-3-4-24(15-26)28(34)33-10-11-35-18-22(17-33)13-21-6-7-23-8-9-29-16-25(23)14-21/h3-9,12,14-16,22H,10-11,13,17-18H2,1-2H3,(H,30,31,32)/t22-/m0/s1. The highest BCUT2D eigenvalue weighted by molar-refractivity contribution is 5.95. The first-order chi connectivity index (χ1) is 17.0. The van der Waals surface area contributed by atoms with Gasteiger partial charge in [0.05, 0.1) is 13.2 Å². The average molecular weight is 468 g/mol. The van der Waals surface area contributed by atoms with Gasteiger partial charge in [-0.2, -0.15) is 0 Å². The van der Waals surface area contributed by atoms with Crippen LogP contribution in [0.15, 0.2) is 67.0 Å². The molecule has 4 aromatic rings. The first-order valence-corrected chi connectivity index (χ1v) is 11.9. The maximum absolute atomic E-state index is 13.4. The average Bonchev–Trinajstić information content (AvgIpc) is 3.08. The van der Waals surface area contributed by atoms with Gasteiger partial charge in [0.15, 0.2) is 0 Å². The van der Waals surface area contributed by atoms with E-state index in [2.05, 4.69) is 38.5 Å². The van der Waals surface area contributed by atoms with Crippen molar-refractivity contribution in [2.75, 3.05) is 31.6 Å². The molecule has 1 aliphatic rings. The predicted octanol–water partition coefficient (Wildman–Crippen LogP) is 4.72. The zero-order valence-corrected chi connectivity index (χ0v) is 20.1. The van der Waals surface area contributed by atoms with Crippen molar-refractivity contribution in [1.29, 1.82) is 0 Å². The minimum atomic E-state index is 0.0157. The number of rotatable bonds is 5. The number of hydrogen-bond donors (Lipinski definition) is 1. The van der Waals surface area contributed by atoms with Gasteiger partial charge in [-0.25, -0.2) is 9.97 Å². The van der Waals surface area contributed by atoms with Crippen LogP contribution >= 0.6 is 0 Å². The second-order valence-electron chi connectivity index (χ2n) is 9.10. The highest BCUT2D eigenvalue weighted by Gasteiger charge is 2.24. The molecule has 0 spiro atoms. The second-order valence-corrected chi connectivity index (χ2v) is 9.10. The highest BCUT2D eigenvalue weighted by atomic mass is 16.5. The first kappa shape index (κ1) is 22.9. The normalized spacial score (nSPS) is 16.2. The summed E-state index contributed by atoms with van der Waals surface area (Å²) in [6, 6.07) is 18.0. The highest BCUT2D eigenvalue weighted by Crippen LogP contribution is 2.22. The van der Waals surface area contributed by atoms with E-state index >= 15 is 0 Å². The Labute approximate surface area is 205 Å². The number of ether oxygens (including phenoxy) is 1.